The van der Waals surface area contributed by atoms with Gasteiger partial charge in [0, 0.05) is 0 Å². The van der Waals surface area contributed by atoms with Gasteiger partial charge in [0.25, 0.3) is 0 Å². The standard InChI is InChI=1S/C17H14/c1-2-7-13-12-14-8-3-4-9-16(14)17-11-6-5-10-15(13)17/h2-12H,1H3/b7-2-. The topological polar surface area (TPSA) is 0 Å². The fourth-order valence-electron chi connectivity index (χ4n) is 2.40. The van der Waals surface area contributed by atoms with E-state index in [-0.39, 0.29) is 0 Å². The molecule has 3 rings (SSSR count). The van der Waals surface area contributed by atoms with Crippen molar-refractivity contribution in [2.45, 2.75) is 6.92 Å². The normalized spacial score (nSPS) is 11.6. The van der Waals surface area contributed by atoms with Crippen LogP contribution in [0.4, 0.5) is 0 Å². The van der Waals surface area contributed by atoms with Gasteiger partial charge in [0.05, 0.1) is 0 Å². The summed E-state index contributed by atoms with van der Waals surface area (Å²) in [7, 11) is 0. The molecule has 3 aromatic carbocycles. The van der Waals surface area contributed by atoms with Gasteiger partial charge in [-0.1, -0.05) is 60.7 Å². The Balaban J connectivity index is 2.54. The molecule has 0 fully saturated rings. The van der Waals surface area contributed by atoms with E-state index in [0.29, 0.717) is 0 Å². The van der Waals surface area contributed by atoms with Gasteiger partial charge in [-0.05, 0) is 40.1 Å². The minimum Gasteiger partial charge on any atom is -0.0870 e. The van der Waals surface area contributed by atoms with Crippen LogP contribution in [0.15, 0.2) is 60.7 Å². The van der Waals surface area contributed by atoms with Crippen LogP contribution in [0, 0.1) is 0 Å². The third kappa shape index (κ3) is 1.62. The molecule has 0 nitrogen and oxygen atoms in total. The van der Waals surface area contributed by atoms with Crippen LogP contribution in [0.5, 0.6) is 0 Å². The zero-order valence-electron chi connectivity index (χ0n) is 9.85. The third-order valence-electron chi connectivity index (χ3n) is 3.15. The van der Waals surface area contributed by atoms with E-state index in [9.17, 15) is 0 Å². The van der Waals surface area contributed by atoms with Crippen molar-refractivity contribution in [2.24, 2.45) is 0 Å². The Bertz CT molecular complexity index is 705. The van der Waals surface area contributed by atoms with Gasteiger partial charge < -0.3 is 0 Å². The van der Waals surface area contributed by atoms with E-state index >= 15 is 0 Å². The van der Waals surface area contributed by atoms with Crippen molar-refractivity contribution in [3.63, 3.8) is 0 Å². The molecular weight excluding hydrogens is 204 g/mol. The second-order valence-corrected chi connectivity index (χ2v) is 4.23. The molecule has 0 aliphatic rings. The molecule has 0 heteroatoms. The first-order valence-corrected chi connectivity index (χ1v) is 5.93. The maximum Gasteiger partial charge on any atom is -0.00994 e. The van der Waals surface area contributed by atoms with Gasteiger partial charge in [-0.25, -0.2) is 0 Å². The number of rotatable bonds is 1. The maximum atomic E-state index is 2.26. The van der Waals surface area contributed by atoms with Gasteiger partial charge >= 0.3 is 0 Å². The Hall–Kier alpha value is -2.08. The number of hydrogen-bond acceptors (Lipinski definition) is 0. The molecule has 0 spiro atoms. The molecule has 0 unspecified atom stereocenters. The summed E-state index contributed by atoms with van der Waals surface area (Å²) >= 11 is 0. The SMILES string of the molecule is C/C=C\c1cc2ccccc2c2ccccc12. The highest BCUT2D eigenvalue weighted by Crippen LogP contribution is 2.29. The summed E-state index contributed by atoms with van der Waals surface area (Å²) in [5.41, 5.74) is 1.29. The van der Waals surface area contributed by atoms with E-state index in [1.807, 2.05) is 0 Å². The van der Waals surface area contributed by atoms with Crippen molar-refractivity contribution in [3.05, 3.63) is 66.2 Å². The summed E-state index contributed by atoms with van der Waals surface area (Å²) in [6.45, 7) is 2.06. The van der Waals surface area contributed by atoms with Crippen molar-refractivity contribution < 1.29 is 0 Å². The van der Waals surface area contributed by atoms with Gasteiger partial charge in [0.1, 0.15) is 0 Å². The molecule has 82 valence electrons. The van der Waals surface area contributed by atoms with Crippen LogP contribution in [0.1, 0.15) is 12.5 Å². The molecule has 0 saturated heterocycles. The molecule has 0 aromatic heterocycles. The van der Waals surface area contributed by atoms with Crippen LogP contribution >= 0.6 is 0 Å². The van der Waals surface area contributed by atoms with Crippen molar-refractivity contribution in [1.29, 1.82) is 0 Å². The van der Waals surface area contributed by atoms with Crippen molar-refractivity contribution >= 4 is 27.6 Å². The molecule has 0 aliphatic heterocycles. The van der Waals surface area contributed by atoms with Crippen LogP contribution in [-0.2, 0) is 0 Å². The summed E-state index contributed by atoms with van der Waals surface area (Å²) in [5, 5.41) is 5.29. The quantitative estimate of drug-likeness (QED) is 0.503. The summed E-state index contributed by atoms with van der Waals surface area (Å²) in [6, 6.07) is 19.4. The van der Waals surface area contributed by atoms with E-state index in [2.05, 4.69) is 73.7 Å². The molecule has 3 aromatic rings. The molecule has 0 radical (unpaired) electrons. The maximum absolute atomic E-state index is 2.26. The third-order valence-corrected chi connectivity index (χ3v) is 3.15. The Morgan fingerprint density at radius 2 is 1.41 bits per heavy atom. The Morgan fingerprint density at radius 3 is 2.18 bits per heavy atom. The van der Waals surface area contributed by atoms with Crippen molar-refractivity contribution in [2.75, 3.05) is 0 Å². The Morgan fingerprint density at radius 1 is 0.765 bits per heavy atom. The molecular formula is C17H14. The average molecular weight is 218 g/mol. The molecule has 0 N–H and O–H groups in total. The van der Waals surface area contributed by atoms with Crippen LogP contribution < -0.4 is 0 Å². The summed E-state index contributed by atoms with van der Waals surface area (Å²) < 4.78 is 0. The van der Waals surface area contributed by atoms with Crippen LogP contribution in [-0.4, -0.2) is 0 Å². The monoisotopic (exact) mass is 218 g/mol. The number of fused-ring (bicyclic) bond motifs is 3. The zero-order chi connectivity index (χ0) is 11.7. The Kier molecular flexibility index (Phi) is 2.41. The molecule has 17 heavy (non-hydrogen) atoms. The number of benzene rings is 3. The van der Waals surface area contributed by atoms with Crippen molar-refractivity contribution in [1.82, 2.24) is 0 Å². The van der Waals surface area contributed by atoms with E-state index in [0.717, 1.165) is 0 Å². The zero-order valence-corrected chi connectivity index (χ0v) is 9.85. The Labute approximate surface area is 101 Å². The average Bonchev–Trinajstić information content (AvgIpc) is 2.39. The molecule has 0 saturated carbocycles. The predicted octanol–water partition coefficient (Wildman–Crippen LogP) is 5.03. The smallest absolute Gasteiger partial charge is 0.00994 e. The fraction of sp³-hybridized carbons (Fsp3) is 0.0588. The van der Waals surface area contributed by atoms with E-state index in [1.54, 1.807) is 0 Å². The number of hydrogen-bond donors (Lipinski definition) is 0. The molecule has 0 aliphatic carbocycles. The number of allylic oxidation sites excluding steroid dienone is 1. The lowest BCUT2D eigenvalue weighted by molar-refractivity contribution is 1.71. The van der Waals surface area contributed by atoms with E-state index < -0.39 is 0 Å². The summed E-state index contributed by atoms with van der Waals surface area (Å²) in [5.74, 6) is 0. The molecule has 0 amide bonds. The highest BCUT2D eigenvalue weighted by molar-refractivity contribution is 6.10. The molecule has 0 atom stereocenters. The fourth-order valence-corrected chi connectivity index (χ4v) is 2.40. The lowest BCUT2D eigenvalue weighted by Gasteiger charge is -2.07. The van der Waals surface area contributed by atoms with Gasteiger partial charge in [-0.3, -0.25) is 0 Å². The minimum absolute atomic E-state index is 1.29. The van der Waals surface area contributed by atoms with E-state index in [1.165, 1.54) is 27.1 Å². The largest absolute Gasteiger partial charge is 0.0870 e. The first-order chi connectivity index (χ1) is 8.40. The second kappa shape index (κ2) is 4.06. The summed E-state index contributed by atoms with van der Waals surface area (Å²) in [4.78, 5) is 0. The molecule has 0 heterocycles. The highest BCUT2D eigenvalue weighted by atomic mass is 14.1. The lowest BCUT2D eigenvalue weighted by atomic mass is 9.97. The predicted molar refractivity (Wildman–Crippen MR) is 76.2 cm³/mol. The second-order valence-electron chi connectivity index (χ2n) is 4.23. The van der Waals surface area contributed by atoms with Crippen LogP contribution in [0.2, 0.25) is 0 Å². The van der Waals surface area contributed by atoms with Gasteiger partial charge in [0.2, 0.25) is 0 Å². The van der Waals surface area contributed by atoms with Crippen molar-refractivity contribution in [3.8, 4) is 0 Å². The van der Waals surface area contributed by atoms with E-state index in [4.69, 9.17) is 0 Å². The van der Waals surface area contributed by atoms with Gasteiger partial charge in [-0.15, -0.1) is 0 Å². The highest BCUT2D eigenvalue weighted by Gasteiger charge is 2.03. The first kappa shape index (κ1) is 10.1. The van der Waals surface area contributed by atoms with Crippen LogP contribution in [0.3, 0.4) is 0 Å². The van der Waals surface area contributed by atoms with Crippen LogP contribution in [0.25, 0.3) is 27.6 Å². The summed E-state index contributed by atoms with van der Waals surface area (Å²) in [6.07, 6.45) is 4.27. The lowest BCUT2D eigenvalue weighted by Crippen LogP contribution is -1.81. The van der Waals surface area contributed by atoms with Gasteiger partial charge in [0.15, 0.2) is 0 Å². The van der Waals surface area contributed by atoms with Gasteiger partial charge in [-0.2, -0.15) is 0 Å². The minimum atomic E-state index is 1.29. The first-order valence-electron chi connectivity index (χ1n) is 5.93. The molecule has 0 bridgehead atoms.